The van der Waals surface area contributed by atoms with Gasteiger partial charge < -0.3 is 10.2 Å². The number of rotatable bonds is 6. The Morgan fingerprint density at radius 2 is 2.21 bits per heavy atom. The molecule has 0 fully saturated rings. The second-order valence-electron chi connectivity index (χ2n) is 5.58. The first-order valence-electron chi connectivity index (χ1n) is 7.67. The van der Waals surface area contributed by atoms with Crippen molar-refractivity contribution < 1.29 is 0 Å². The van der Waals surface area contributed by atoms with Crippen molar-refractivity contribution in [1.29, 1.82) is 0 Å². The van der Waals surface area contributed by atoms with Crippen LogP contribution in [0.5, 0.6) is 0 Å². The van der Waals surface area contributed by atoms with Gasteiger partial charge in [-0.05, 0) is 53.0 Å². The van der Waals surface area contributed by atoms with Crippen molar-refractivity contribution in [1.82, 2.24) is 10.3 Å². The fourth-order valence-corrected chi connectivity index (χ4v) is 4.13. The standard InChI is InChI=1S/C15H27N3S/c1-5-10-16-12-8-7-9-13-14(12)17-15(19-13)18(6-2)11(3)4/h11-12,16H,5-10H2,1-4H3. The average molecular weight is 281 g/mol. The average Bonchev–Trinajstić information content (AvgIpc) is 2.80. The summed E-state index contributed by atoms with van der Waals surface area (Å²) in [6, 6.07) is 1.01. The lowest BCUT2D eigenvalue weighted by molar-refractivity contribution is 0.454. The summed E-state index contributed by atoms with van der Waals surface area (Å²) in [6.45, 7) is 11.1. The van der Waals surface area contributed by atoms with Crippen molar-refractivity contribution in [3.8, 4) is 0 Å². The molecule has 3 nitrogen and oxygen atoms in total. The number of hydrogen-bond acceptors (Lipinski definition) is 4. The highest BCUT2D eigenvalue weighted by Crippen LogP contribution is 2.37. The van der Waals surface area contributed by atoms with Gasteiger partial charge in [-0.25, -0.2) is 4.98 Å². The molecular formula is C15H27N3S. The van der Waals surface area contributed by atoms with Gasteiger partial charge in [-0.3, -0.25) is 0 Å². The van der Waals surface area contributed by atoms with Crippen molar-refractivity contribution in [3.05, 3.63) is 10.6 Å². The second-order valence-corrected chi connectivity index (χ2v) is 6.65. The van der Waals surface area contributed by atoms with Crippen LogP contribution in [0.2, 0.25) is 0 Å². The summed E-state index contributed by atoms with van der Waals surface area (Å²) in [5.41, 5.74) is 1.33. The van der Waals surface area contributed by atoms with Crippen LogP contribution in [0.1, 0.15) is 63.6 Å². The van der Waals surface area contributed by atoms with Gasteiger partial charge >= 0.3 is 0 Å². The predicted molar refractivity (Wildman–Crippen MR) is 84.2 cm³/mol. The summed E-state index contributed by atoms with van der Waals surface area (Å²) in [4.78, 5) is 8.87. The first-order valence-corrected chi connectivity index (χ1v) is 8.48. The van der Waals surface area contributed by atoms with E-state index in [2.05, 4.69) is 37.9 Å². The number of hydrogen-bond donors (Lipinski definition) is 1. The Labute approximate surface area is 121 Å². The van der Waals surface area contributed by atoms with E-state index < -0.39 is 0 Å². The Morgan fingerprint density at radius 1 is 1.42 bits per heavy atom. The quantitative estimate of drug-likeness (QED) is 0.860. The van der Waals surface area contributed by atoms with E-state index in [1.807, 2.05) is 11.3 Å². The molecule has 0 aromatic carbocycles. The lowest BCUT2D eigenvalue weighted by atomic mass is 9.97. The Hall–Kier alpha value is -0.610. The Bertz CT molecular complexity index is 400. The highest BCUT2D eigenvalue weighted by molar-refractivity contribution is 7.15. The van der Waals surface area contributed by atoms with Gasteiger partial charge in [0.2, 0.25) is 0 Å². The summed E-state index contributed by atoms with van der Waals surface area (Å²) < 4.78 is 0. The molecule has 0 aliphatic heterocycles. The molecule has 1 unspecified atom stereocenters. The zero-order valence-electron chi connectivity index (χ0n) is 12.7. The number of aryl methyl sites for hydroxylation is 1. The normalized spacial score (nSPS) is 18.7. The van der Waals surface area contributed by atoms with Crippen LogP contribution in [0.15, 0.2) is 0 Å². The van der Waals surface area contributed by atoms with Gasteiger partial charge in [0, 0.05) is 17.5 Å². The van der Waals surface area contributed by atoms with Crippen LogP contribution in [-0.2, 0) is 6.42 Å². The molecule has 1 atom stereocenters. The summed E-state index contributed by atoms with van der Waals surface area (Å²) in [7, 11) is 0. The van der Waals surface area contributed by atoms with E-state index >= 15 is 0 Å². The highest BCUT2D eigenvalue weighted by atomic mass is 32.1. The maximum Gasteiger partial charge on any atom is 0.186 e. The largest absolute Gasteiger partial charge is 0.346 e. The minimum Gasteiger partial charge on any atom is -0.346 e. The van der Waals surface area contributed by atoms with Crippen molar-refractivity contribution in [2.45, 2.75) is 65.5 Å². The fourth-order valence-electron chi connectivity index (χ4n) is 2.77. The molecule has 1 aliphatic carbocycles. The molecular weight excluding hydrogens is 254 g/mol. The van der Waals surface area contributed by atoms with Gasteiger partial charge in [-0.1, -0.05) is 6.92 Å². The van der Waals surface area contributed by atoms with Gasteiger partial charge in [0.15, 0.2) is 5.13 Å². The summed E-state index contributed by atoms with van der Waals surface area (Å²) >= 11 is 1.91. The van der Waals surface area contributed by atoms with Crippen LogP contribution in [0, 0.1) is 0 Å². The molecule has 1 heterocycles. The van der Waals surface area contributed by atoms with E-state index in [1.165, 1.54) is 41.4 Å². The molecule has 19 heavy (non-hydrogen) atoms. The molecule has 1 aromatic heterocycles. The van der Waals surface area contributed by atoms with Gasteiger partial charge in [-0.15, -0.1) is 11.3 Å². The summed E-state index contributed by atoms with van der Waals surface area (Å²) in [6.07, 6.45) is 4.94. The highest BCUT2D eigenvalue weighted by Gasteiger charge is 2.26. The maximum absolute atomic E-state index is 4.96. The van der Waals surface area contributed by atoms with E-state index in [9.17, 15) is 0 Å². The zero-order chi connectivity index (χ0) is 13.8. The molecule has 1 aromatic rings. The van der Waals surface area contributed by atoms with Crippen molar-refractivity contribution in [2.24, 2.45) is 0 Å². The van der Waals surface area contributed by atoms with Crippen LogP contribution >= 0.6 is 11.3 Å². The van der Waals surface area contributed by atoms with Crippen LogP contribution in [0.25, 0.3) is 0 Å². The Kier molecular flexibility index (Phi) is 5.22. The number of aromatic nitrogens is 1. The van der Waals surface area contributed by atoms with E-state index in [1.54, 1.807) is 0 Å². The SMILES string of the molecule is CCCNC1CCCc2sc(N(CC)C(C)C)nc21. The molecule has 1 N–H and O–H groups in total. The number of nitrogens with one attached hydrogen (secondary N) is 1. The van der Waals surface area contributed by atoms with Crippen LogP contribution in [-0.4, -0.2) is 24.1 Å². The number of anilines is 1. The molecule has 0 amide bonds. The molecule has 2 rings (SSSR count). The van der Waals surface area contributed by atoms with Gasteiger partial charge in [0.1, 0.15) is 0 Å². The predicted octanol–water partition coefficient (Wildman–Crippen LogP) is 3.75. The zero-order valence-corrected chi connectivity index (χ0v) is 13.5. The minimum absolute atomic E-state index is 0.486. The molecule has 108 valence electrons. The Morgan fingerprint density at radius 3 is 2.84 bits per heavy atom. The smallest absolute Gasteiger partial charge is 0.186 e. The van der Waals surface area contributed by atoms with Gasteiger partial charge in [-0.2, -0.15) is 0 Å². The first-order chi connectivity index (χ1) is 9.17. The molecule has 0 spiro atoms. The third-order valence-electron chi connectivity index (χ3n) is 3.79. The van der Waals surface area contributed by atoms with E-state index in [0.717, 1.165) is 13.1 Å². The van der Waals surface area contributed by atoms with E-state index in [4.69, 9.17) is 4.98 Å². The maximum atomic E-state index is 4.96. The van der Waals surface area contributed by atoms with Crippen LogP contribution < -0.4 is 10.2 Å². The van der Waals surface area contributed by atoms with Crippen molar-refractivity contribution in [2.75, 3.05) is 18.0 Å². The molecule has 0 saturated carbocycles. The summed E-state index contributed by atoms with van der Waals surface area (Å²) in [5, 5.41) is 4.87. The van der Waals surface area contributed by atoms with Gasteiger partial charge in [0.25, 0.3) is 0 Å². The summed E-state index contributed by atoms with van der Waals surface area (Å²) in [5.74, 6) is 0. The number of thiazole rings is 1. The lowest BCUT2D eigenvalue weighted by Gasteiger charge is -2.24. The van der Waals surface area contributed by atoms with Crippen LogP contribution in [0.3, 0.4) is 0 Å². The van der Waals surface area contributed by atoms with E-state index in [-0.39, 0.29) is 0 Å². The topological polar surface area (TPSA) is 28.2 Å². The minimum atomic E-state index is 0.486. The monoisotopic (exact) mass is 281 g/mol. The molecule has 0 radical (unpaired) electrons. The van der Waals surface area contributed by atoms with Crippen molar-refractivity contribution in [3.63, 3.8) is 0 Å². The molecule has 0 saturated heterocycles. The van der Waals surface area contributed by atoms with Crippen molar-refractivity contribution >= 4 is 16.5 Å². The second kappa shape index (κ2) is 6.71. The van der Waals surface area contributed by atoms with E-state index in [0.29, 0.717) is 12.1 Å². The molecule has 0 bridgehead atoms. The van der Waals surface area contributed by atoms with Crippen LogP contribution in [0.4, 0.5) is 5.13 Å². The Balaban J connectivity index is 2.20. The molecule has 1 aliphatic rings. The number of fused-ring (bicyclic) bond motifs is 1. The molecule has 4 heteroatoms. The fraction of sp³-hybridized carbons (Fsp3) is 0.800. The third-order valence-corrected chi connectivity index (χ3v) is 4.96. The first kappa shape index (κ1) is 14.8. The third kappa shape index (κ3) is 3.29. The number of nitrogens with zero attached hydrogens (tertiary/aromatic N) is 2. The van der Waals surface area contributed by atoms with Gasteiger partial charge in [0.05, 0.1) is 11.7 Å². The lowest BCUT2D eigenvalue weighted by Crippen LogP contribution is -2.30.